The highest BCUT2D eigenvalue weighted by Crippen LogP contribution is 2.28. The molecule has 0 aromatic heterocycles. The van der Waals surface area contributed by atoms with E-state index in [0.29, 0.717) is 0 Å². The van der Waals surface area contributed by atoms with Crippen LogP contribution in [-0.2, 0) is 6.42 Å². The normalized spacial score (nSPS) is 11.3. The van der Waals surface area contributed by atoms with Crippen molar-refractivity contribution < 1.29 is 0 Å². The molecule has 1 heteroatoms. The second kappa shape index (κ2) is 6.62. The first-order valence-corrected chi connectivity index (χ1v) is 8.68. The molecule has 0 saturated heterocycles. The molecule has 0 radical (unpaired) electrons. The van der Waals surface area contributed by atoms with Crippen LogP contribution in [-0.4, -0.2) is 0 Å². The molecule has 0 bridgehead atoms. The van der Waals surface area contributed by atoms with Gasteiger partial charge < -0.3 is 0 Å². The fourth-order valence-electron chi connectivity index (χ4n) is 3.00. The molecule has 3 rings (SSSR count). The molecule has 0 fully saturated rings. The van der Waals surface area contributed by atoms with Crippen LogP contribution in [0.1, 0.15) is 38.2 Å². The molecule has 0 saturated carbocycles. The van der Waals surface area contributed by atoms with Gasteiger partial charge in [0, 0.05) is 4.47 Å². The lowest BCUT2D eigenvalue weighted by Gasteiger charge is -2.07. The number of rotatable bonds is 5. The van der Waals surface area contributed by atoms with Crippen LogP contribution in [0.4, 0.5) is 0 Å². The lowest BCUT2D eigenvalue weighted by molar-refractivity contribution is 0.667. The maximum absolute atomic E-state index is 3.55. The van der Waals surface area contributed by atoms with Crippen molar-refractivity contribution in [2.24, 2.45) is 0 Å². The third-order valence-corrected chi connectivity index (χ3v) is 4.67. The van der Waals surface area contributed by atoms with Gasteiger partial charge in [-0.25, -0.2) is 0 Å². The molecule has 0 heterocycles. The topological polar surface area (TPSA) is 0 Å². The molecule has 0 aliphatic heterocycles. The van der Waals surface area contributed by atoms with E-state index in [0.717, 1.165) is 4.47 Å². The monoisotopic (exact) mass is 340 g/mol. The number of hydrogen-bond acceptors (Lipinski definition) is 0. The van der Waals surface area contributed by atoms with E-state index < -0.39 is 0 Å². The zero-order chi connectivity index (χ0) is 14.7. The molecule has 3 aromatic carbocycles. The minimum absolute atomic E-state index is 1.14. The van der Waals surface area contributed by atoms with E-state index in [1.807, 2.05) is 0 Å². The van der Waals surface area contributed by atoms with E-state index in [1.165, 1.54) is 59.2 Å². The molecule has 0 N–H and O–H groups in total. The minimum Gasteiger partial charge on any atom is -0.0654 e. The molecule has 0 aliphatic rings. The summed E-state index contributed by atoms with van der Waals surface area (Å²) in [5.41, 5.74) is 1.47. The Morgan fingerprint density at radius 2 is 1.48 bits per heavy atom. The van der Waals surface area contributed by atoms with Crippen LogP contribution in [0.5, 0.6) is 0 Å². The van der Waals surface area contributed by atoms with E-state index in [1.54, 1.807) is 0 Å². The summed E-state index contributed by atoms with van der Waals surface area (Å²) in [5.74, 6) is 0. The Balaban J connectivity index is 1.92. The number of hydrogen-bond donors (Lipinski definition) is 0. The van der Waals surface area contributed by atoms with Gasteiger partial charge in [-0.2, -0.15) is 0 Å². The summed E-state index contributed by atoms with van der Waals surface area (Å²) in [5, 5.41) is 5.36. The van der Waals surface area contributed by atoms with Crippen LogP contribution in [0, 0.1) is 0 Å². The largest absolute Gasteiger partial charge is 0.0654 e. The molecule has 0 amide bonds. The summed E-state index contributed by atoms with van der Waals surface area (Å²) in [7, 11) is 0. The maximum atomic E-state index is 3.55. The molecule has 108 valence electrons. The molecular formula is C20H21Br. The fraction of sp³-hybridized carbons (Fsp3) is 0.300. The molecule has 0 spiro atoms. The molecule has 0 nitrogen and oxygen atoms in total. The van der Waals surface area contributed by atoms with E-state index in [9.17, 15) is 0 Å². The van der Waals surface area contributed by atoms with Gasteiger partial charge in [-0.05, 0) is 52.1 Å². The van der Waals surface area contributed by atoms with Crippen molar-refractivity contribution in [3.05, 3.63) is 58.6 Å². The van der Waals surface area contributed by atoms with Gasteiger partial charge >= 0.3 is 0 Å². The van der Waals surface area contributed by atoms with E-state index in [4.69, 9.17) is 0 Å². The standard InChI is InChI=1S/C20H21Br/c1-2-3-4-5-6-15-7-11-19-16(13-15)8-9-17-14-18(21)10-12-20(17)19/h7-14H,2-6H2,1H3. The summed E-state index contributed by atoms with van der Waals surface area (Å²) in [6, 6.07) is 18.0. The van der Waals surface area contributed by atoms with E-state index >= 15 is 0 Å². The molecular weight excluding hydrogens is 320 g/mol. The second-order valence-electron chi connectivity index (χ2n) is 5.80. The highest BCUT2D eigenvalue weighted by Gasteiger charge is 2.02. The summed E-state index contributed by atoms with van der Waals surface area (Å²) < 4.78 is 1.14. The van der Waals surface area contributed by atoms with E-state index in [2.05, 4.69) is 71.4 Å². The van der Waals surface area contributed by atoms with Gasteiger partial charge in [0.1, 0.15) is 0 Å². The Bertz CT molecular complexity index is 758. The molecule has 3 aromatic rings. The maximum Gasteiger partial charge on any atom is 0.0181 e. The first kappa shape index (κ1) is 14.6. The van der Waals surface area contributed by atoms with Crippen molar-refractivity contribution in [2.75, 3.05) is 0 Å². The van der Waals surface area contributed by atoms with Crippen LogP contribution < -0.4 is 0 Å². The highest BCUT2D eigenvalue weighted by molar-refractivity contribution is 9.10. The Morgan fingerprint density at radius 3 is 2.24 bits per heavy atom. The van der Waals surface area contributed by atoms with Gasteiger partial charge in [-0.3, -0.25) is 0 Å². The van der Waals surface area contributed by atoms with Gasteiger partial charge in [0.2, 0.25) is 0 Å². The zero-order valence-electron chi connectivity index (χ0n) is 12.5. The Morgan fingerprint density at radius 1 is 0.762 bits per heavy atom. The number of benzene rings is 3. The van der Waals surface area contributed by atoms with Gasteiger partial charge in [0.25, 0.3) is 0 Å². The van der Waals surface area contributed by atoms with E-state index in [-0.39, 0.29) is 0 Å². The lowest BCUT2D eigenvalue weighted by Crippen LogP contribution is -1.87. The average molecular weight is 341 g/mol. The summed E-state index contributed by atoms with van der Waals surface area (Å²) in [6.45, 7) is 2.26. The first-order valence-electron chi connectivity index (χ1n) is 7.89. The second-order valence-corrected chi connectivity index (χ2v) is 6.71. The van der Waals surface area contributed by atoms with Crippen molar-refractivity contribution in [3.63, 3.8) is 0 Å². The SMILES string of the molecule is CCCCCCc1ccc2c(ccc3cc(Br)ccc32)c1. The van der Waals surface area contributed by atoms with Crippen LogP contribution in [0.25, 0.3) is 21.5 Å². The predicted octanol–water partition coefficient (Wildman–Crippen LogP) is 6.88. The van der Waals surface area contributed by atoms with Crippen molar-refractivity contribution in [3.8, 4) is 0 Å². The van der Waals surface area contributed by atoms with Gasteiger partial charge in [0.15, 0.2) is 0 Å². The zero-order valence-corrected chi connectivity index (χ0v) is 14.1. The Kier molecular flexibility index (Phi) is 4.60. The quantitative estimate of drug-likeness (QED) is 0.350. The van der Waals surface area contributed by atoms with Crippen LogP contribution in [0.2, 0.25) is 0 Å². The highest BCUT2D eigenvalue weighted by atomic mass is 79.9. The summed E-state index contributed by atoms with van der Waals surface area (Å²) in [4.78, 5) is 0. The predicted molar refractivity (Wildman–Crippen MR) is 97.0 cm³/mol. The average Bonchev–Trinajstić information content (AvgIpc) is 2.51. The smallest absolute Gasteiger partial charge is 0.0181 e. The fourth-order valence-corrected chi connectivity index (χ4v) is 3.38. The van der Waals surface area contributed by atoms with Gasteiger partial charge in [0.05, 0.1) is 0 Å². The number of unbranched alkanes of at least 4 members (excludes halogenated alkanes) is 3. The number of halogens is 1. The Hall–Kier alpha value is -1.34. The number of fused-ring (bicyclic) bond motifs is 3. The third-order valence-electron chi connectivity index (χ3n) is 4.18. The molecule has 0 unspecified atom stereocenters. The lowest BCUT2D eigenvalue weighted by atomic mass is 9.98. The summed E-state index contributed by atoms with van der Waals surface area (Å²) in [6.07, 6.45) is 6.51. The Labute approximate surface area is 135 Å². The van der Waals surface area contributed by atoms with Crippen LogP contribution in [0.3, 0.4) is 0 Å². The van der Waals surface area contributed by atoms with Gasteiger partial charge in [-0.15, -0.1) is 0 Å². The van der Waals surface area contributed by atoms with Crippen molar-refractivity contribution in [2.45, 2.75) is 39.0 Å². The van der Waals surface area contributed by atoms with Crippen molar-refractivity contribution >= 4 is 37.5 Å². The minimum atomic E-state index is 1.14. The molecule has 21 heavy (non-hydrogen) atoms. The van der Waals surface area contributed by atoms with Crippen LogP contribution in [0.15, 0.2) is 53.0 Å². The first-order chi connectivity index (χ1) is 10.3. The summed E-state index contributed by atoms with van der Waals surface area (Å²) >= 11 is 3.55. The third kappa shape index (κ3) is 3.29. The van der Waals surface area contributed by atoms with Gasteiger partial charge in [-0.1, -0.05) is 78.5 Å². The molecule has 0 aliphatic carbocycles. The van der Waals surface area contributed by atoms with Crippen molar-refractivity contribution in [1.82, 2.24) is 0 Å². The molecule has 0 atom stereocenters. The van der Waals surface area contributed by atoms with Crippen LogP contribution >= 0.6 is 15.9 Å². The van der Waals surface area contributed by atoms with Crippen molar-refractivity contribution in [1.29, 1.82) is 0 Å². The number of aryl methyl sites for hydroxylation is 1.